The molecule has 56 heavy (non-hydrogen) atoms. The van der Waals surface area contributed by atoms with E-state index in [9.17, 15) is 30.3 Å². The molecule has 0 amide bonds. The molecule has 3 rings (SSSR count). The molecule has 0 aromatic rings. The van der Waals surface area contributed by atoms with E-state index in [-0.39, 0.29) is 43.9 Å². The first-order valence-corrected chi connectivity index (χ1v) is 20.9. The number of nitrogens with one attached hydrogen (secondary N) is 2. The van der Waals surface area contributed by atoms with Gasteiger partial charge in [-0.2, -0.15) is 0 Å². The van der Waals surface area contributed by atoms with Gasteiger partial charge in [-0.25, -0.2) is 0 Å². The summed E-state index contributed by atoms with van der Waals surface area (Å²) in [6.45, 7) is 20.9. The zero-order chi connectivity index (χ0) is 42.6. The zero-order valence-electron chi connectivity index (χ0n) is 36.8. The number of carbonyl (C=O) groups is 1. The number of likely N-dealkylation sites (N-methyl/N-ethyl adjacent to an activating group) is 1. The Balaban J connectivity index is 2.16. The summed E-state index contributed by atoms with van der Waals surface area (Å²) in [6, 6.07) is -0.875. The third-order valence-corrected chi connectivity index (χ3v) is 13.0. The maximum Gasteiger partial charge on any atom is 0.311 e. The Labute approximate surface area is 336 Å². The largest absolute Gasteiger partial charge is 0.457 e. The lowest BCUT2D eigenvalue weighted by molar-refractivity contribution is -0.336. The van der Waals surface area contributed by atoms with Gasteiger partial charge in [-0.1, -0.05) is 27.7 Å². The van der Waals surface area contributed by atoms with E-state index in [0.29, 0.717) is 19.5 Å². The van der Waals surface area contributed by atoms with Crippen molar-refractivity contribution >= 4 is 5.97 Å². The SMILES string of the molecule is CCCNC[C@]1(O)[C@H](C)O[C@@H](OC2C(C)C(=O)O[C@H]([C@](C)(O)[C@H](O)CC)[C@H](C)NC[C@H](C)C[C@@](C)(O)[C@H](O[C@@H]3O[C@H](C)C[C@H](N(C)C)[C@H]3O)[C@H]2C)C[C@@]1(C)OC. The van der Waals surface area contributed by atoms with Gasteiger partial charge >= 0.3 is 5.97 Å². The van der Waals surface area contributed by atoms with Crippen molar-refractivity contribution < 1.29 is 58.7 Å². The van der Waals surface area contributed by atoms with Crippen molar-refractivity contribution in [2.45, 2.75) is 198 Å². The molecule has 0 aromatic heterocycles. The van der Waals surface area contributed by atoms with Crippen molar-refractivity contribution in [1.29, 1.82) is 0 Å². The number of aliphatic hydroxyl groups excluding tert-OH is 2. The van der Waals surface area contributed by atoms with Gasteiger partial charge in [-0.3, -0.25) is 4.79 Å². The number of hydrogen-bond acceptors (Lipinski definition) is 15. The molecule has 3 heterocycles. The van der Waals surface area contributed by atoms with Gasteiger partial charge < -0.3 is 69.5 Å². The van der Waals surface area contributed by atoms with Crippen LogP contribution in [-0.2, 0) is 33.2 Å². The van der Waals surface area contributed by atoms with E-state index >= 15 is 0 Å². The second kappa shape index (κ2) is 20.0. The molecule has 3 saturated heterocycles. The fourth-order valence-corrected chi connectivity index (χ4v) is 9.21. The van der Waals surface area contributed by atoms with E-state index in [0.717, 1.165) is 6.42 Å². The number of esters is 1. The molecule has 0 aromatic carbocycles. The average Bonchev–Trinajstić information content (AvgIpc) is 3.12. The number of cyclic esters (lactones) is 1. The minimum Gasteiger partial charge on any atom is -0.457 e. The number of ether oxygens (including phenoxy) is 6. The van der Waals surface area contributed by atoms with E-state index in [1.165, 1.54) is 14.0 Å². The van der Waals surface area contributed by atoms with E-state index in [4.69, 9.17) is 28.4 Å². The average molecular weight is 806 g/mol. The van der Waals surface area contributed by atoms with E-state index in [1.54, 1.807) is 34.6 Å². The van der Waals surface area contributed by atoms with Gasteiger partial charge in [0.25, 0.3) is 0 Å². The highest BCUT2D eigenvalue weighted by Gasteiger charge is 2.58. The first kappa shape index (κ1) is 49.3. The molecule has 7 N–H and O–H groups in total. The molecule has 330 valence electrons. The summed E-state index contributed by atoms with van der Waals surface area (Å²) >= 11 is 0. The van der Waals surface area contributed by atoms with Crippen molar-refractivity contribution in [1.82, 2.24) is 15.5 Å². The molecule has 15 heteroatoms. The van der Waals surface area contributed by atoms with Gasteiger partial charge in [-0.05, 0) is 107 Å². The Morgan fingerprint density at radius 2 is 1.70 bits per heavy atom. The van der Waals surface area contributed by atoms with Crippen LogP contribution in [0.1, 0.15) is 108 Å². The molecule has 0 bridgehead atoms. The second-order valence-electron chi connectivity index (χ2n) is 18.2. The summed E-state index contributed by atoms with van der Waals surface area (Å²) in [5.74, 6) is -2.67. The highest BCUT2D eigenvalue weighted by atomic mass is 16.7. The topological polar surface area (TPSA) is 201 Å². The number of carbonyl (C=O) groups excluding carboxylic acids is 1. The highest BCUT2D eigenvalue weighted by Crippen LogP contribution is 2.43. The Morgan fingerprint density at radius 3 is 2.27 bits per heavy atom. The van der Waals surface area contributed by atoms with Crippen LogP contribution in [0.4, 0.5) is 0 Å². The molecular formula is C41H79N3O12. The number of rotatable bonds is 13. The van der Waals surface area contributed by atoms with Crippen LogP contribution in [0.2, 0.25) is 0 Å². The maximum absolute atomic E-state index is 14.5. The number of methoxy groups -OCH3 is 1. The smallest absolute Gasteiger partial charge is 0.311 e. The third-order valence-electron chi connectivity index (χ3n) is 13.0. The molecule has 3 fully saturated rings. The van der Waals surface area contributed by atoms with Crippen LogP contribution in [0.25, 0.3) is 0 Å². The zero-order valence-corrected chi connectivity index (χ0v) is 36.8. The molecule has 0 spiro atoms. The number of nitrogens with zero attached hydrogens (tertiary/aromatic N) is 1. The van der Waals surface area contributed by atoms with Gasteiger partial charge in [0.15, 0.2) is 12.6 Å². The maximum atomic E-state index is 14.5. The second-order valence-corrected chi connectivity index (χ2v) is 18.2. The summed E-state index contributed by atoms with van der Waals surface area (Å²) < 4.78 is 38.4. The van der Waals surface area contributed by atoms with E-state index in [1.807, 2.05) is 53.6 Å². The first-order chi connectivity index (χ1) is 25.9. The van der Waals surface area contributed by atoms with Gasteiger partial charge in [0.2, 0.25) is 0 Å². The van der Waals surface area contributed by atoms with Gasteiger partial charge in [0.05, 0.1) is 42.0 Å². The normalized spacial score (nSPS) is 45.2. The molecule has 3 aliphatic heterocycles. The first-order valence-electron chi connectivity index (χ1n) is 20.9. The molecule has 0 saturated carbocycles. The fraction of sp³-hybridized carbons (Fsp3) is 0.976. The predicted molar refractivity (Wildman–Crippen MR) is 212 cm³/mol. The molecule has 18 atom stereocenters. The number of hydrogen-bond donors (Lipinski definition) is 7. The minimum absolute atomic E-state index is 0.0928. The summed E-state index contributed by atoms with van der Waals surface area (Å²) in [7, 11) is 5.31. The molecule has 3 aliphatic rings. The van der Waals surface area contributed by atoms with Crippen molar-refractivity contribution in [2.24, 2.45) is 17.8 Å². The van der Waals surface area contributed by atoms with Crippen molar-refractivity contribution in [3.63, 3.8) is 0 Å². The lowest BCUT2D eigenvalue weighted by atomic mass is 9.75. The highest BCUT2D eigenvalue weighted by molar-refractivity contribution is 5.73. The van der Waals surface area contributed by atoms with E-state index in [2.05, 4.69) is 10.6 Å². The monoisotopic (exact) mass is 806 g/mol. The van der Waals surface area contributed by atoms with Gasteiger partial charge in [0, 0.05) is 38.1 Å². The lowest BCUT2D eigenvalue weighted by Gasteiger charge is -2.53. The Hall–Kier alpha value is -1.05. The molecule has 2 unspecified atom stereocenters. The van der Waals surface area contributed by atoms with Crippen LogP contribution in [0, 0.1) is 17.8 Å². The third kappa shape index (κ3) is 11.0. The number of aliphatic hydroxyl groups is 5. The molecule has 0 aliphatic carbocycles. The van der Waals surface area contributed by atoms with Crippen LogP contribution in [-0.4, -0.2) is 167 Å². The van der Waals surface area contributed by atoms with Crippen LogP contribution in [0.15, 0.2) is 0 Å². The van der Waals surface area contributed by atoms with Crippen molar-refractivity contribution in [2.75, 3.05) is 40.8 Å². The Morgan fingerprint density at radius 1 is 1.05 bits per heavy atom. The quantitative estimate of drug-likeness (QED) is 0.105. The van der Waals surface area contributed by atoms with Gasteiger partial charge in [0.1, 0.15) is 29.0 Å². The fourth-order valence-electron chi connectivity index (χ4n) is 9.21. The van der Waals surface area contributed by atoms with Crippen molar-refractivity contribution in [3.8, 4) is 0 Å². The van der Waals surface area contributed by atoms with Crippen LogP contribution in [0.3, 0.4) is 0 Å². The Bertz CT molecular complexity index is 1230. The summed E-state index contributed by atoms with van der Waals surface area (Å²) in [6.07, 6.45) is -6.62. The van der Waals surface area contributed by atoms with Crippen molar-refractivity contribution in [3.05, 3.63) is 0 Å². The molecular weight excluding hydrogens is 726 g/mol. The molecule has 15 nitrogen and oxygen atoms in total. The Kier molecular flexibility index (Phi) is 17.6. The lowest BCUT2D eigenvalue weighted by Crippen LogP contribution is -2.70. The molecule has 0 radical (unpaired) electrons. The summed E-state index contributed by atoms with van der Waals surface area (Å²) in [4.78, 5) is 16.4. The van der Waals surface area contributed by atoms with Crippen LogP contribution < -0.4 is 10.6 Å². The summed E-state index contributed by atoms with van der Waals surface area (Å²) in [5.41, 5.74) is -5.93. The standard InChI is InChI=1S/C41H79N3O12/c1-15-17-42-22-41(50)28(8)53-31(20-39(41,10)51-14)54-33-25(5)34(56-37-32(46)29(44(12)13)18-24(4)52-37)38(9,48)19-23(3)21-43-27(7)35(55-36(47)26(33)6)40(11,49)30(45)16-2/h23-35,37,42-43,45-46,48-50H,15-22H2,1-14H3/t23-,24-,25+,26?,27+,28+,29+,30-,31+,32-,33?,34-,35+,37+,38-,39-,40-,41+/m1/s1. The van der Waals surface area contributed by atoms with E-state index < -0.39 is 95.5 Å². The van der Waals surface area contributed by atoms with Crippen LogP contribution in [0.5, 0.6) is 0 Å². The minimum atomic E-state index is -1.81. The predicted octanol–water partition coefficient (Wildman–Crippen LogP) is 1.93. The van der Waals surface area contributed by atoms with Gasteiger partial charge in [-0.15, -0.1) is 0 Å². The summed E-state index contributed by atoms with van der Waals surface area (Å²) in [5, 5.41) is 65.4. The van der Waals surface area contributed by atoms with Crippen LogP contribution >= 0.6 is 0 Å².